The van der Waals surface area contributed by atoms with E-state index in [1.165, 1.54) is 0 Å². The molecule has 0 unspecified atom stereocenters. The lowest BCUT2D eigenvalue weighted by molar-refractivity contribution is -0.131. The average Bonchev–Trinajstić information content (AvgIpc) is 2.51. The first-order valence-corrected chi connectivity index (χ1v) is 6.95. The van der Waals surface area contributed by atoms with Crippen LogP contribution in [0.2, 0.25) is 0 Å². The van der Waals surface area contributed by atoms with Crippen LogP contribution in [0.3, 0.4) is 0 Å². The van der Waals surface area contributed by atoms with Crippen molar-refractivity contribution in [3.63, 3.8) is 0 Å². The molecule has 0 aliphatic heterocycles. The molecule has 0 radical (unpaired) electrons. The number of benzene rings is 2. The molecule has 2 aromatic rings. The van der Waals surface area contributed by atoms with E-state index in [-0.39, 0.29) is 13.0 Å². The van der Waals surface area contributed by atoms with E-state index in [1.807, 2.05) is 42.5 Å². The molecular formula is C16H17N3O4. The molecule has 0 spiro atoms. The fourth-order valence-corrected chi connectivity index (χ4v) is 2.20. The molecule has 120 valence electrons. The number of amides is 3. The lowest BCUT2D eigenvalue weighted by atomic mass is 10.0. The molecule has 23 heavy (non-hydrogen) atoms. The smallest absolute Gasteiger partial charge is 0.405 e. The number of fused-ring (bicyclic) bond motifs is 1. The number of hydrogen-bond acceptors (Lipinski definition) is 4. The Labute approximate surface area is 132 Å². The molecule has 0 saturated heterocycles. The van der Waals surface area contributed by atoms with E-state index in [0.29, 0.717) is 0 Å². The molecular weight excluding hydrogens is 298 g/mol. The first-order valence-electron chi connectivity index (χ1n) is 6.95. The SMILES string of the molecule is NC(=O)CNC(=O)[C@H](Cc1ccc2ccccc2c1)OC(N)=O. The Balaban J connectivity index is 2.16. The lowest BCUT2D eigenvalue weighted by Crippen LogP contribution is -2.43. The van der Waals surface area contributed by atoms with E-state index >= 15 is 0 Å². The maximum absolute atomic E-state index is 12.0. The van der Waals surface area contributed by atoms with Crippen molar-refractivity contribution in [3.8, 4) is 0 Å². The normalized spacial score (nSPS) is 11.7. The zero-order chi connectivity index (χ0) is 16.8. The van der Waals surface area contributed by atoms with Crippen LogP contribution in [0.4, 0.5) is 4.79 Å². The van der Waals surface area contributed by atoms with Gasteiger partial charge in [0.2, 0.25) is 5.91 Å². The third-order valence-electron chi connectivity index (χ3n) is 3.22. The minimum atomic E-state index is -1.13. The second-order valence-electron chi connectivity index (χ2n) is 5.00. The number of nitrogens with two attached hydrogens (primary N) is 2. The van der Waals surface area contributed by atoms with Gasteiger partial charge in [0.1, 0.15) is 0 Å². The third-order valence-corrected chi connectivity index (χ3v) is 3.22. The molecule has 7 heteroatoms. The molecule has 7 nitrogen and oxygen atoms in total. The summed E-state index contributed by atoms with van der Waals surface area (Å²) < 4.78 is 4.84. The van der Waals surface area contributed by atoms with Crippen molar-refractivity contribution >= 4 is 28.7 Å². The number of ether oxygens (including phenoxy) is 1. The van der Waals surface area contributed by atoms with Crippen molar-refractivity contribution in [3.05, 3.63) is 48.0 Å². The molecule has 2 aromatic carbocycles. The van der Waals surface area contributed by atoms with Gasteiger partial charge in [-0.2, -0.15) is 0 Å². The van der Waals surface area contributed by atoms with Gasteiger partial charge in [0.05, 0.1) is 6.54 Å². The standard InChI is InChI=1S/C16H17N3O4/c17-14(20)9-19-15(21)13(23-16(18)22)8-10-5-6-11-3-1-2-4-12(11)7-10/h1-7,13H,8-9H2,(H2,17,20)(H2,18,22)(H,19,21)/t13-/m0/s1. The Bertz CT molecular complexity index is 745. The van der Waals surface area contributed by atoms with Crippen LogP contribution in [0, 0.1) is 0 Å². The molecule has 0 aliphatic rings. The van der Waals surface area contributed by atoms with Crippen molar-refractivity contribution in [2.45, 2.75) is 12.5 Å². The Kier molecular flexibility index (Phi) is 5.14. The quantitative estimate of drug-likeness (QED) is 0.715. The predicted octanol–water partition coefficient (Wildman–Crippen LogP) is 0.448. The highest BCUT2D eigenvalue weighted by Gasteiger charge is 2.22. The van der Waals surface area contributed by atoms with Crippen molar-refractivity contribution in [2.24, 2.45) is 11.5 Å². The Morgan fingerprint density at radius 2 is 1.74 bits per heavy atom. The van der Waals surface area contributed by atoms with E-state index in [2.05, 4.69) is 5.32 Å². The summed E-state index contributed by atoms with van der Waals surface area (Å²) in [6.45, 7) is -0.338. The summed E-state index contributed by atoms with van der Waals surface area (Å²) in [7, 11) is 0. The fourth-order valence-electron chi connectivity index (χ4n) is 2.20. The summed E-state index contributed by atoms with van der Waals surface area (Å²) >= 11 is 0. The number of primary amides is 2. The maximum atomic E-state index is 12.0. The first kappa shape index (κ1) is 16.3. The summed E-state index contributed by atoms with van der Waals surface area (Å²) in [6.07, 6.45) is -2.06. The molecule has 2 rings (SSSR count). The van der Waals surface area contributed by atoms with Crippen LogP contribution in [0.25, 0.3) is 10.8 Å². The lowest BCUT2D eigenvalue weighted by Gasteiger charge is -2.16. The third kappa shape index (κ3) is 4.70. The Morgan fingerprint density at radius 3 is 2.39 bits per heavy atom. The monoisotopic (exact) mass is 315 g/mol. The summed E-state index contributed by atoms with van der Waals surface area (Å²) in [5, 5.41) is 4.36. The van der Waals surface area contributed by atoms with Gasteiger partial charge in [-0.25, -0.2) is 4.79 Å². The Morgan fingerprint density at radius 1 is 1.04 bits per heavy atom. The molecule has 0 heterocycles. The van der Waals surface area contributed by atoms with Crippen molar-refractivity contribution in [1.82, 2.24) is 5.32 Å². The van der Waals surface area contributed by atoms with Gasteiger partial charge in [-0.15, -0.1) is 0 Å². The molecule has 1 atom stereocenters. The van der Waals surface area contributed by atoms with Gasteiger partial charge in [0.25, 0.3) is 5.91 Å². The average molecular weight is 315 g/mol. The van der Waals surface area contributed by atoms with Crippen LogP contribution < -0.4 is 16.8 Å². The van der Waals surface area contributed by atoms with Crippen molar-refractivity contribution in [1.29, 1.82) is 0 Å². The van der Waals surface area contributed by atoms with Crippen LogP contribution in [0.15, 0.2) is 42.5 Å². The molecule has 0 aromatic heterocycles. The fraction of sp³-hybridized carbons (Fsp3) is 0.188. The van der Waals surface area contributed by atoms with Gasteiger partial charge in [-0.1, -0.05) is 42.5 Å². The van der Waals surface area contributed by atoms with Gasteiger partial charge in [0, 0.05) is 6.42 Å². The minimum Gasteiger partial charge on any atom is -0.436 e. The summed E-state index contributed by atoms with van der Waals surface area (Å²) in [6, 6.07) is 13.4. The zero-order valence-corrected chi connectivity index (χ0v) is 12.3. The van der Waals surface area contributed by atoms with Crippen LogP contribution in [0.1, 0.15) is 5.56 Å². The predicted molar refractivity (Wildman–Crippen MR) is 84.3 cm³/mol. The van der Waals surface area contributed by atoms with E-state index in [0.717, 1.165) is 16.3 Å². The molecule has 3 amide bonds. The van der Waals surface area contributed by atoms with Crippen molar-refractivity contribution in [2.75, 3.05) is 6.54 Å². The first-order chi connectivity index (χ1) is 11.0. The van der Waals surface area contributed by atoms with Gasteiger partial charge < -0.3 is 21.5 Å². The van der Waals surface area contributed by atoms with Crippen LogP contribution >= 0.6 is 0 Å². The van der Waals surface area contributed by atoms with Crippen LogP contribution in [0.5, 0.6) is 0 Å². The van der Waals surface area contributed by atoms with Gasteiger partial charge in [-0.05, 0) is 16.3 Å². The molecule has 0 saturated carbocycles. The maximum Gasteiger partial charge on any atom is 0.405 e. The molecule has 0 fully saturated rings. The van der Waals surface area contributed by atoms with Crippen molar-refractivity contribution < 1.29 is 19.1 Å². The largest absolute Gasteiger partial charge is 0.436 e. The molecule has 0 bridgehead atoms. The van der Waals surface area contributed by atoms with E-state index < -0.39 is 24.0 Å². The highest BCUT2D eigenvalue weighted by molar-refractivity contribution is 5.88. The Hall–Kier alpha value is -3.09. The van der Waals surface area contributed by atoms with Crippen LogP contribution in [-0.2, 0) is 20.7 Å². The number of rotatable bonds is 6. The number of nitrogens with one attached hydrogen (secondary N) is 1. The van der Waals surface area contributed by atoms with E-state index in [1.54, 1.807) is 0 Å². The number of carbonyl (C=O) groups excluding carboxylic acids is 3. The second-order valence-corrected chi connectivity index (χ2v) is 5.00. The topological polar surface area (TPSA) is 125 Å². The number of carbonyl (C=O) groups is 3. The summed E-state index contributed by atoms with van der Waals surface area (Å²) in [5.41, 5.74) is 10.8. The van der Waals surface area contributed by atoms with E-state index in [9.17, 15) is 14.4 Å². The molecule has 5 N–H and O–H groups in total. The van der Waals surface area contributed by atoms with Gasteiger partial charge in [-0.3, -0.25) is 9.59 Å². The molecule has 0 aliphatic carbocycles. The summed E-state index contributed by atoms with van der Waals surface area (Å²) in [4.78, 5) is 33.7. The highest BCUT2D eigenvalue weighted by atomic mass is 16.6. The van der Waals surface area contributed by atoms with E-state index in [4.69, 9.17) is 16.2 Å². The van der Waals surface area contributed by atoms with Gasteiger partial charge in [0.15, 0.2) is 6.10 Å². The highest BCUT2D eigenvalue weighted by Crippen LogP contribution is 2.17. The number of hydrogen-bond donors (Lipinski definition) is 3. The zero-order valence-electron chi connectivity index (χ0n) is 12.3. The summed E-state index contributed by atoms with van der Waals surface area (Å²) in [5.74, 6) is -1.32. The second kappa shape index (κ2) is 7.26. The van der Waals surface area contributed by atoms with Gasteiger partial charge >= 0.3 is 6.09 Å². The minimum absolute atomic E-state index is 0.137. The van der Waals surface area contributed by atoms with Crippen LogP contribution in [-0.4, -0.2) is 30.6 Å².